The Labute approximate surface area is 173 Å². The summed E-state index contributed by atoms with van der Waals surface area (Å²) >= 11 is 1.44. The first-order chi connectivity index (χ1) is 14.1. The van der Waals surface area contributed by atoms with Gasteiger partial charge in [-0.1, -0.05) is 48.2 Å². The van der Waals surface area contributed by atoms with Crippen LogP contribution in [0.2, 0.25) is 0 Å². The number of hydrogen-bond acceptors (Lipinski definition) is 5. The molecule has 0 fully saturated rings. The third-order valence-electron chi connectivity index (χ3n) is 4.92. The molecule has 29 heavy (non-hydrogen) atoms. The zero-order chi connectivity index (χ0) is 20.4. The lowest BCUT2D eigenvalue weighted by molar-refractivity contribution is -0.126. The van der Waals surface area contributed by atoms with Crippen molar-refractivity contribution >= 4 is 29.3 Å². The summed E-state index contributed by atoms with van der Waals surface area (Å²) in [6.45, 7) is 2.21. The topological polar surface area (TPSA) is 64.4 Å². The minimum atomic E-state index is -0.898. The summed E-state index contributed by atoms with van der Waals surface area (Å²) in [7, 11) is 0. The zero-order valence-electron chi connectivity index (χ0n) is 16.2. The predicted molar refractivity (Wildman–Crippen MR) is 113 cm³/mol. The summed E-state index contributed by atoms with van der Waals surface area (Å²) in [5, 5.41) is 0.676. The van der Waals surface area contributed by atoms with E-state index in [4.69, 9.17) is 4.74 Å². The van der Waals surface area contributed by atoms with E-state index in [2.05, 4.69) is 4.98 Å². The molecule has 2 heterocycles. The van der Waals surface area contributed by atoms with Crippen LogP contribution in [0, 0.1) is 0 Å². The molecule has 3 aromatic rings. The highest BCUT2D eigenvalue weighted by Crippen LogP contribution is 2.28. The van der Waals surface area contributed by atoms with Gasteiger partial charge in [0.2, 0.25) is 0 Å². The summed E-state index contributed by atoms with van der Waals surface area (Å²) in [6, 6.07) is 17.3. The molecular weight excluding hydrogens is 386 g/mol. The number of carbonyl (C=O) groups is 2. The Morgan fingerprint density at radius 1 is 1.10 bits per heavy atom. The van der Waals surface area contributed by atoms with Gasteiger partial charge in [0.1, 0.15) is 0 Å². The number of aromatic nitrogens is 2. The van der Waals surface area contributed by atoms with Crippen LogP contribution in [0.3, 0.4) is 0 Å². The molecule has 0 spiro atoms. The fraction of sp³-hybridized carbons (Fsp3) is 0.227. The van der Waals surface area contributed by atoms with Crippen LogP contribution in [-0.2, 0) is 16.0 Å². The molecule has 1 unspecified atom stereocenters. The highest BCUT2D eigenvalue weighted by atomic mass is 32.2. The molecule has 6 nitrogen and oxygen atoms in total. The van der Waals surface area contributed by atoms with Crippen molar-refractivity contribution < 1.29 is 14.3 Å². The summed E-state index contributed by atoms with van der Waals surface area (Å²) in [5.74, 6) is -0.797. The summed E-state index contributed by atoms with van der Waals surface area (Å²) in [5.41, 5.74) is 3.13. The van der Waals surface area contributed by atoms with Crippen LogP contribution in [0.25, 0.3) is 5.69 Å². The van der Waals surface area contributed by atoms with E-state index >= 15 is 0 Å². The average molecular weight is 407 g/mol. The molecule has 4 rings (SSSR count). The molecular formula is C22H21N3O3S. The van der Waals surface area contributed by atoms with Gasteiger partial charge in [0.05, 0.1) is 6.20 Å². The third kappa shape index (κ3) is 3.65. The van der Waals surface area contributed by atoms with Crippen LogP contribution < -0.4 is 4.90 Å². The van der Waals surface area contributed by atoms with Gasteiger partial charge < -0.3 is 9.64 Å². The van der Waals surface area contributed by atoms with Gasteiger partial charge in [0.15, 0.2) is 17.0 Å². The second-order valence-electron chi connectivity index (χ2n) is 6.72. The Morgan fingerprint density at radius 2 is 1.83 bits per heavy atom. The number of esters is 1. The SMILES string of the molecule is CSc1ncc(C(=O)OC(C)C(=O)N2CCc3ccccc32)n1-c1ccccc1. The van der Waals surface area contributed by atoms with Crippen LogP contribution >= 0.6 is 11.8 Å². The molecule has 1 aliphatic rings. The first kappa shape index (κ1) is 19.3. The molecule has 0 bridgehead atoms. The van der Waals surface area contributed by atoms with Crippen molar-refractivity contribution in [3.05, 3.63) is 72.1 Å². The van der Waals surface area contributed by atoms with Gasteiger partial charge in [0, 0.05) is 17.9 Å². The fourth-order valence-corrected chi connectivity index (χ4v) is 4.05. The maximum Gasteiger partial charge on any atom is 0.357 e. The normalized spacial score (nSPS) is 13.8. The number of benzene rings is 2. The molecule has 0 saturated heterocycles. The molecule has 7 heteroatoms. The first-order valence-corrected chi connectivity index (χ1v) is 10.6. The molecule has 1 atom stereocenters. The van der Waals surface area contributed by atoms with Gasteiger partial charge in [-0.3, -0.25) is 9.36 Å². The first-order valence-electron chi connectivity index (χ1n) is 9.37. The lowest BCUT2D eigenvalue weighted by Crippen LogP contribution is -2.39. The fourth-order valence-electron chi connectivity index (χ4n) is 3.51. The van der Waals surface area contributed by atoms with Crippen molar-refractivity contribution in [3.8, 4) is 5.69 Å². The monoisotopic (exact) mass is 407 g/mol. The number of ether oxygens (including phenoxy) is 1. The number of anilines is 1. The van der Waals surface area contributed by atoms with Gasteiger partial charge >= 0.3 is 5.97 Å². The van der Waals surface area contributed by atoms with E-state index < -0.39 is 12.1 Å². The number of rotatable bonds is 5. The molecule has 0 saturated carbocycles. The summed E-state index contributed by atoms with van der Waals surface area (Å²) < 4.78 is 7.29. The van der Waals surface area contributed by atoms with Gasteiger partial charge in [-0.25, -0.2) is 9.78 Å². The van der Waals surface area contributed by atoms with Crippen LogP contribution in [0.4, 0.5) is 5.69 Å². The number of imidazole rings is 1. The molecule has 148 valence electrons. The van der Waals surface area contributed by atoms with Crippen molar-refractivity contribution in [2.75, 3.05) is 17.7 Å². The van der Waals surface area contributed by atoms with Crippen LogP contribution in [0.5, 0.6) is 0 Å². The number of amides is 1. The van der Waals surface area contributed by atoms with Gasteiger partial charge in [0.25, 0.3) is 5.91 Å². The predicted octanol–water partition coefficient (Wildman–Crippen LogP) is 3.73. The molecule has 0 radical (unpaired) electrons. The van der Waals surface area contributed by atoms with E-state index in [9.17, 15) is 9.59 Å². The van der Waals surface area contributed by atoms with Crippen LogP contribution in [-0.4, -0.2) is 40.3 Å². The highest BCUT2D eigenvalue weighted by molar-refractivity contribution is 7.98. The number of thioether (sulfide) groups is 1. The lowest BCUT2D eigenvalue weighted by atomic mass is 10.2. The lowest BCUT2D eigenvalue weighted by Gasteiger charge is -2.22. The van der Waals surface area contributed by atoms with Crippen molar-refractivity contribution in [2.45, 2.75) is 24.6 Å². The molecule has 1 aliphatic heterocycles. The second-order valence-corrected chi connectivity index (χ2v) is 7.49. The standard InChI is InChI=1S/C22H21N3O3S/c1-15(20(26)24-13-12-16-8-6-7-11-18(16)24)28-21(27)19-14-23-22(29-2)25(19)17-9-4-3-5-10-17/h3-11,14-15H,12-13H2,1-2H3. The Hall–Kier alpha value is -3.06. The molecule has 2 aromatic carbocycles. The smallest absolute Gasteiger partial charge is 0.357 e. The average Bonchev–Trinajstić information content (AvgIpc) is 3.38. The van der Waals surface area contributed by atoms with Gasteiger partial charge in [-0.15, -0.1) is 0 Å². The van der Waals surface area contributed by atoms with Crippen molar-refractivity contribution in [1.82, 2.24) is 9.55 Å². The quantitative estimate of drug-likeness (QED) is 0.476. The number of para-hydroxylation sites is 2. The zero-order valence-corrected chi connectivity index (χ0v) is 17.1. The van der Waals surface area contributed by atoms with Crippen molar-refractivity contribution in [1.29, 1.82) is 0 Å². The summed E-state index contributed by atoms with van der Waals surface area (Å²) in [6.07, 6.45) is 3.29. The minimum absolute atomic E-state index is 0.223. The highest BCUT2D eigenvalue weighted by Gasteiger charge is 2.31. The van der Waals surface area contributed by atoms with E-state index in [1.165, 1.54) is 18.0 Å². The second kappa shape index (κ2) is 8.13. The minimum Gasteiger partial charge on any atom is -0.448 e. The number of hydrogen-bond donors (Lipinski definition) is 0. The van der Waals surface area contributed by atoms with Gasteiger partial charge in [-0.2, -0.15) is 0 Å². The summed E-state index contributed by atoms with van der Waals surface area (Å²) in [4.78, 5) is 31.8. The van der Waals surface area contributed by atoms with Gasteiger partial charge in [-0.05, 0) is 43.4 Å². The van der Waals surface area contributed by atoms with E-state index in [0.29, 0.717) is 17.4 Å². The Bertz CT molecular complexity index is 1050. The Morgan fingerprint density at radius 3 is 2.59 bits per heavy atom. The molecule has 0 aliphatic carbocycles. The maximum atomic E-state index is 12.9. The molecule has 1 aromatic heterocycles. The Balaban J connectivity index is 1.55. The van der Waals surface area contributed by atoms with E-state index in [1.807, 2.05) is 60.9 Å². The van der Waals surface area contributed by atoms with E-state index in [-0.39, 0.29) is 5.91 Å². The maximum absolute atomic E-state index is 12.9. The number of fused-ring (bicyclic) bond motifs is 1. The van der Waals surface area contributed by atoms with Crippen LogP contribution in [0.15, 0.2) is 66.0 Å². The van der Waals surface area contributed by atoms with Crippen molar-refractivity contribution in [3.63, 3.8) is 0 Å². The molecule has 1 amide bonds. The Kier molecular flexibility index (Phi) is 5.40. The largest absolute Gasteiger partial charge is 0.448 e. The van der Waals surface area contributed by atoms with Crippen LogP contribution in [0.1, 0.15) is 23.0 Å². The number of nitrogens with zero attached hydrogens (tertiary/aromatic N) is 3. The van der Waals surface area contributed by atoms with Crippen molar-refractivity contribution in [2.24, 2.45) is 0 Å². The number of carbonyl (C=O) groups excluding carboxylic acids is 2. The molecule has 0 N–H and O–H groups in total. The third-order valence-corrected chi connectivity index (χ3v) is 5.57. The van der Waals surface area contributed by atoms with E-state index in [1.54, 1.807) is 16.4 Å². The van der Waals surface area contributed by atoms with E-state index in [0.717, 1.165) is 23.4 Å².